The highest BCUT2D eigenvalue weighted by Crippen LogP contribution is 2.38. The van der Waals surface area contributed by atoms with E-state index >= 15 is 0 Å². The molecule has 0 aliphatic carbocycles. The van der Waals surface area contributed by atoms with E-state index in [1.165, 1.54) is 11.3 Å². The van der Waals surface area contributed by atoms with Crippen LogP contribution < -0.4 is 38.6 Å². The van der Waals surface area contributed by atoms with Gasteiger partial charge < -0.3 is 28.6 Å². The van der Waals surface area contributed by atoms with Crippen LogP contribution in [0.3, 0.4) is 0 Å². The number of allylic oxidation sites excluding steroid dienone is 1. The zero-order chi connectivity index (χ0) is 32.4. The lowest BCUT2D eigenvalue weighted by atomic mass is 9.93. The van der Waals surface area contributed by atoms with Crippen LogP contribution in [0.4, 0.5) is 0 Å². The molecule has 0 saturated heterocycles. The van der Waals surface area contributed by atoms with E-state index < -0.39 is 6.04 Å². The Labute approximate surface area is 270 Å². The molecule has 6 rings (SSSR count). The van der Waals surface area contributed by atoms with Gasteiger partial charge in [-0.1, -0.05) is 29.5 Å². The zero-order valence-electron chi connectivity index (χ0n) is 26.4. The molecule has 1 aromatic heterocycles. The van der Waals surface area contributed by atoms with E-state index in [9.17, 15) is 9.59 Å². The van der Waals surface area contributed by atoms with Crippen molar-refractivity contribution in [2.45, 2.75) is 33.4 Å². The van der Waals surface area contributed by atoms with Crippen molar-refractivity contribution in [3.8, 4) is 28.7 Å². The number of hydrogen-bond donors (Lipinski definition) is 0. The largest absolute Gasteiger partial charge is 0.497 e. The van der Waals surface area contributed by atoms with Crippen LogP contribution in [0, 0.1) is 0 Å². The lowest BCUT2D eigenvalue weighted by Crippen LogP contribution is -2.43. The number of amides is 1. The zero-order valence-corrected chi connectivity index (χ0v) is 27.2. The minimum Gasteiger partial charge on any atom is -0.497 e. The number of carbonyl (C=O) groups excluding carboxylic acids is 1. The standard InChI is InChI=1S/C35H35N3O7S/c1-6-37(7-2)34(40)31-21(3)36-35-38(32(31)26-18-25(41-4)13-15-27(26)42-5)33(39)30(46-35)17-22-8-11-24(12-9-22)43-19-23-10-14-28-29(16-23)45-20-44-28/h8-18,32H,6-7,19-20H2,1-5H3/b30-17+/t32-/m0/s1. The molecule has 2 aliphatic rings. The van der Waals surface area contributed by atoms with Crippen molar-refractivity contribution in [3.05, 3.63) is 108 Å². The van der Waals surface area contributed by atoms with Crippen molar-refractivity contribution in [3.63, 3.8) is 0 Å². The van der Waals surface area contributed by atoms with Crippen LogP contribution in [-0.2, 0) is 11.4 Å². The van der Waals surface area contributed by atoms with Crippen molar-refractivity contribution >= 4 is 23.3 Å². The second-order valence-corrected chi connectivity index (χ2v) is 11.7. The Morgan fingerprint density at radius 3 is 2.46 bits per heavy atom. The maximum absolute atomic E-state index is 14.2. The first-order valence-corrected chi connectivity index (χ1v) is 15.8. The maximum atomic E-state index is 14.2. The predicted octanol–water partition coefficient (Wildman–Crippen LogP) is 4.43. The average molecular weight is 642 g/mol. The molecule has 0 N–H and O–H groups in total. The number of nitrogens with zero attached hydrogens (tertiary/aromatic N) is 3. The second kappa shape index (κ2) is 13.1. The van der Waals surface area contributed by atoms with Crippen molar-refractivity contribution in [1.29, 1.82) is 0 Å². The summed E-state index contributed by atoms with van der Waals surface area (Å²) in [6.07, 6.45) is 1.83. The van der Waals surface area contributed by atoms with E-state index in [4.69, 9.17) is 28.7 Å². The number of thiazole rings is 1. The topological polar surface area (TPSA) is 101 Å². The number of hydrogen-bond acceptors (Lipinski definition) is 9. The van der Waals surface area contributed by atoms with Crippen LogP contribution in [0.15, 0.2) is 81.7 Å². The predicted molar refractivity (Wildman–Crippen MR) is 175 cm³/mol. The van der Waals surface area contributed by atoms with Crippen LogP contribution in [-0.4, -0.2) is 49.5 Å². The van der Waals surface area contributed by atoms with Gasteiger partial charge in [-0.15, -0.1) is 0 Å². The molecule has 0 spiro atoms. The third kappa shape index (κ3) is 5.85. The molecule has 3 heterocycles. The van der Waals surface area contributed by atoms with Crippen LogP contribution >= 0.6 is 11.3 Å². The molecule has 238 valence electrons. The molecular formula is C35H35N3O7S. The van der Waals surface area contributed by atoms with Gasteiger partial charge in [0.15, 0.2) is 16.3 Å². The molecule has 0 fully saturated rings. The smallest absolute Gasteiger partial charge is 0.271 e. The lowest BCUT2D eigenvalue weighted by Gasteiger charge is -2.30. The SMILES string of the molecule is CCN(CC)C(=O)C1=C(C)N=c2s/c(=C/c3ccc(OCc4ccc5c(c4)OCO5)cc3)c(=O)n2[C@H]1c1cc(OC)ccc1OC. The maximum Gasteiger partial charge on any atom is 0.271 e. The highest BCUT2D eigenvalue weighted by Gasteiger charge is 2.36. The molecule has 10 nitrogen and oxygen atoms in total. The summed E-state index contributed by atoms with van der Waals surface area (Å²) in [6.45, 7) is 7.32. The monoisotopic (exact) mass is 641 g/mol. The first-order valence-electron chi connectivity index (χ1n) is 15.0. The fourth-order valence-electron chi connectivity index (χ4n) is 5.63. The molecule has 11 heteroatoms. The molecule has 3 aromatic carbocycles. The van der Waals surface area contributed by atoms with Crippen molar-refractivity contribution in [1.82, 2.24) is 9.47 Å². The van der Waals surface area contributed by atoms with Gasteiger partial charge in [-0.05, 0) is 80.4 Å². The van der Waals surface area contributed by atoms with Gasteiger partial charge >= 0.3 is 0 Å². The molecule has 2 aliphatic heterocycles. The van der Waals surface area contributed by atoms with E-state index in [2.05, 4.69) is 0 Å². The number of aromatic nitrogens is 1. The minimum atomic E-state index is -0.761. The number of rotatable bonds is 10. The van der Waals surface area contributed by atoms with Gasteiger partial charge in [0.2, 0.25) is 6.79 Å². The number of ether oxygens (including phenoxy) is 5. The third-order valence-electron chi connectivity index (χ3n) is 8.05. The van der Waals surface area contributed by atoms with Gasteiger partial charge in [-0.25, -0.2) is 4.99 Å². The fraction of sp³-hybridized carbons (Fsp3) is 0.286. The Kier molecular flexibility index (Phi) is 8.85. The number of methoxy groups -OCH3 is 2. The van der Waals surface area contributed by atoms with Gasteiger partial charge in [0.05, 0.1) is 30.0 Å². The second-order valence-electron chi connectivity index (χ2n) is 10.7. The Hall–Kier alpha value is -5.03. The summed E-state index contributed by atoms with van der Waals surface area (Å²) in [7, 11) is 3.15. The Bertz CT molecular complexity index is 1990. The average Bonchev–Trinajstić information content (AvgIpc) is 3.67. The summed E-state index contributed by atoms with van der Waals surface area (Å²) >= 11 is 1.28. The van der Waals surface area contributed by atoms with Gasteiger partial charge in [-0.2, -0.15) is 0 Å². The van der Waals surface area contributed by atoms with Crippen LogP contribution in [0.1, 0.15) is 43.5 Å². The summed E-state index contributed by atoms with van der Waals surface area (Å²) < 4.78 is 30.2. The van der Waals surface area contributed by atoms with Gasteiger partial charge in [0.1, 0.15) is 29.9 Å². The summed E-state index contributed by atoms with van der Waals surface area (Å²) in [4.78, 5) is 35.1. The van der Waals surface area contributed by atoms with E-state index in [1.807, 2.05) is 75.4 Å². The molecule has 0 unspecified atom stereocenters. The summed E-state index contributed by atoms with van der Waals surface area (Å²) in [5.41, 5.74) is 3.17. The summed E-state index contributed by atoms with van der Waals surface area (Å²) in [5.74, 6) is 3.08. The molecule has 46 heavy (non-hydrogen) atoms. The third-order valence-corrected chi connectivity index (χ3v) is 9.04. The van der Waals surface area contributed by atoms with Crippen LogP contribution in [0.2, 0.25) is 0 Å². The first-order chi connectivity index (χ1) is 22.3. The number of carbonyl (C=O) groups is 1. The Morgan fingerprint density at radius 2 is 1.74 bits per heavy atom. The summed E-state index contributed by atoms with van der Waals surface area (Å²) in [6, 6.07) is 17.9. The molecule has 0 saturated carbocycles. The van der Waals surface area contributed by atoms with Crippen molar-refractivity contribution in [2.75, 3.05) is 34.1 Å². The fourth-order valence-corrected chi connectivity index (χ4v) is 6.68. The molecule has 1 amide bonds. The normalized spacial score (nSPS) is 15.3. The number of benzene rings is 3. The molecule has 4 aromatic rings. The van der Waals surface area contributed by atoms with Gasteiger partial charge in [0.25, 0.3) is 11.5 Å². The van der Waals surface area contributed by atoms with E-state index in [-0.39, 0.29) is 18.3 Å². The summed E-state index contributed by atoms with van der Waals surface area (Å²) in [5, 5.41) is 0. The highest BCUT2D eigenvalue weighted by atomic mass is 32.1. The molecule has 1 atom stereocenters. The van der Waals surface area contributed by atoms with Gasteiger partial charge in [0, 0.05) is 18.7 Å². The molecule has 0 radical (unpaired) electrons. The minimum absolute atomic E-state index is 0.174. The van der Waals surface area contributed by atoms with E-state index in [0.717, 1.165) is 16.9 Å². The molecule has 0 bridgehead atoms. The number of fused-ring (bicyclic) bond motifs is 2. The van der Waals surface area contributed by atoms with Crippen LogP contribution in [0.5, 0.6) is 28.7 Å². The van der Waals surface area contributed by atoms with E-state index in [1.54, 1.807) is 35.8 Å². The highest BCUT2D eigenvalue weighted by molar-refractivity contribution is 7.07. The Balaban J connectivity index is 1.36. The lowest BCUT2D eigenvalue weighted by molar-refractivity contribution is -0.127. The Morgan fingerprint density at radius 1 is 1.00 bits per heavy atom. The quantitative estimate of drug-likeness (QED) is 0.253. The van der Waals surface area contributed by atoms with Crippen molar-refractivity contribution in [2.24, 2.45) is 4.99 Å². The first kappa shape index (κ1) is 31.0. The van der Waals surface area contributed by atoms with Crippen molar-refractivity contribution < 1.29 is 28.5 Å². The number of likely N-dealkylation sites (N-methyl/N-ethyl adjacent to an activating group) is 1. The van der Waals surface area contributed by atoms with Gasteiger partial charge in [-0.3, -0.25) is 14.2 Å². The van der Waals surface area contributed by atoms with E-state index in [0.29, 0.717) is 68.9 Å². The van der Waals surface area contributed by atoms with Crippen LogP contribution in [0.25, 0.3) is 6.08 Å². The molecular weight excluding hydrogens is 606 g/mol.